The Labute approximate surface area is 201 Å². The summed E-state index contributed by atoms with van der Waals surface area (Å²) in [6.07, 6.45) is 6.60. The molecule has 2 amide bonds. The van der Waals surface area contributed by atoms with Crippen LogP contribution in [0.15, 0.2) is 54.7 Å². The molecule has 0 bridgehead atoms. The van der Waals surface area contributed by atoms with E-state index < -0.39 is 6.04 Å². The van der Waals surface area contributed by atoms with E-state index in [1.54, 1.807) is 0 Å². The van der Waals surface area contributed by atoms with Gasteiger partial charge in [0.15, 0.2) is 0 Å². The van der Waals surface area contributed by atoms with E-state index in [0.717, 1.165) is 61.0 Å². The van der Waals surface area contributed by atoms with Crippen LogP contribution in [0.3, 0.4) is 0 Å². The second kappa shape index (κ2) is 11.2. The van der Waals surface area contributed by atoms with Gasteiger partial charge in [0.25, 0.3) is 0 Å². The summed E-state index contributed by atoms with van der Waals surface area (Å²) in [6, 6.07) is 15.9. The van der Waals surface area contributed by atoms with Crippen molar-refractivity contribution in [1.29, 1.82) is 0 Å². The molecule has 0 aliphatic carbocycles. The highest BCUT2D eigenvalue weighted by Crippen LogP contribution is 2.25. The number of carbonyl (C=O) groups is 2. The summed E-state index contributed by atoms with van der Waals surface area (Å²) in [7, 11) is 0. The number of para-hydroxylation sites is 1. The maximum Gasteiger partial charge on any atom is 0.245 e. The number of aromatic nitrogens is 1. The number of aryl methyl sites for hydroxylation is 1. The monoisotopic (exact) mass is 461 g/mol. The van der Waals surface area contributed by atoms with Crippen molar-refractivity contribution < 1.29 is 14.3 Å². The first-order valence-electron chi connectivity index (χ1n) is 12.4. The molecule has 0 spiro atoms. The normalized spacial score (nSPS) is 15.3. The largest absolute Gasteiger partial charge is 0.494 e. The number of rotatable bonds is 9. The molecule has 1 saturated heterocycles. The molecule has 0 radical (unpaired) electrons. The Morgan fingerprint density at radius 2 is 1.85 bits per heavy atom. The SMILES string of the molecule is CCOc1ccc(CCC2CCN(C(=O)[C@H](Cc3c[nH]c4ccccc34)NC(C)=O)CC2)cc1. The molecule has 1 aromatic heterocycles. The maximum atomic E-state index is 13.4. The molecule has 1 aliphatic heterocycles. The van der Waals surface area contributed by atoms with Gasteiger partial charge in [0.05, 0.1) is 6.61 Å². The van der Waals surface area contributed by atoms with Crippen LogP contribution in [-0.4, -0.2) is 47.4 Å². The van der Waals surface area contributed by atoms with E-state index in [0.29, 0.717) is 18.9 Å². The Morgan fingerprint density at radius 1 is 1.12 bits per heavy atom. The van der Waals surface area contributed by atoms with Crippen molar-refractivity contribution in [3.63, 3.8) is 0 Å². The molecular weight excluding hydrogens is 426 g/mol. The number of carbonyl (C=O) groups excluding carboxylic acids is 2. The predicted octanol–water partition coefficient (Wildman–Crippen LogP) is 4.49. The molecule has 3 aromatic rings. The highest BCUT2D eigenvalue weighted by atomic mass is 16.5. The van der Waals surface area contributed by atoms with E-state index in [2.05, 4.69) is 22.4 Å². The lowest BCUT2D eigenvalue weighted by Gasteiger charge is -2.34. The Kier molecular flexibility index (Phi) is 7.88. The summed E-state index contributed by atoms with van der Waals surface area (Å²) in [5, 5.41) is 3.99. The van der Waals surface area contributed by atoms with Crippen molar-refractivity contribution in [1.82, 2.24) is 15.2 Å². The average Bonchev–Trinajstić information content (AvgIpc) is 3.26. The minimum Gasteiger partial charge on any atom is -0.494 e. The standard InChI is InChI=1S/C28H35N3O3/c1-3-34-24-12-10-21(11-13-24)8-9-22-14-16-31(17-15-22)28(33)27(30-20(2)32)18-23-19-29-26-7-5-4-6-25(23)26/h4-7,10-13,19,22,27,29H,3,8-9,14-18H2,1-2H3,(H,30,32)/t27-/m0/s1. The van der Waals surface area contributed by atoms with Crippen LogP contribution in [0.2, 0.25) is 0 Å². The number of amides is 2. The zero-order chi connectivity index (χ0) is 23.9. The molecule has 4 rings (SSSR count). The molecule has 2 aromatic carbocycles. The summed E-state index contributed by atoms with van der Waals surface area (Å²) in [6.45, 7) is 5.64. The van der Waals surface area contributed by atoms with Gasteiger partial charge in [0, 0.05) is 43.5 Å². The van der Waals surface area contributed by atoms with Crippen LogP contribution in [-0.2, 0) is 22.4 Å². The van der Waals surface area contributed by atoms with Crippen molar-refractivity contribution in [3.8, 4) is 5.75 Å². The van der Waals surface area contributed by atoms with Gasteiger partial charge >= 0.3 is 0 Å². The highest BCUT2D eigenvalue weighted by Gasteiger charge is 2.29. The topological polar surface area (TPSA) is 74.4 Å². The summed E-state index contributed by atoms with van der Waals surface area (Å²) >= 11 is 0. The van der Waals surface area contributed by atoms with Crippen molar-refractivity contribution in [2.24, 2.45) is 5.92 Å². The van der Waals surface area contributed by atoms with E-state index in [1.807, 2.05) is 54.4 Å². The molecule has 0 unspecified atom stereocenters. The van der Waals surface area contributed by atoms with Gasteiger partial charge < -0.3 is 19.9 Å². The molecule has 1 aliphatic rings. The van der Waals surface area contributed by atoms with Crippen molar-refractivity contribution in [2.75, 3.05) is 19.7 Å². The first kappa shape index (κ1) is 23.9. The first-order chi connectivity index (χ1) is 16.5. The molecule has 1 fully saturated rings. The Hall–Kier alpha value is -3.28. The number of benzene rings is 2. The summed E-state index contributed by atoms with van der Waals surface area (Å²) in [4.78, 5) is 30.4. The van der Waals surface area contributed by atoms with Gasteiger partial charge in [0.1, 0.15) is 11.8 Å². The number of fused-ring (bicyclic) bond motifs is 1. The summed E-state index contributed by atoms with van der Waals surface area (Å²) in [5.41, 5.74) is 3.42. The third-order valence-corrected chi connectivity index (χ3v) is 6.78. The fourth-order valence-corrected chi connectivity index (χ4v) is 4.92. The van der Waals surface area contributed by atoms with Crippen LogP contribution >= 0.6 is 0 Å². The number of likely N-dealkylation sites (tertiary alicyclic amines) is 1. The van der Waals surface area contributed by atoms with Gasteiger partial charge in [-0.05, 0) is 67.9 Å². The van der Waals surface area contributed by atoms with Crippen LogP contribution in [0.5, 0.6) is 5.75 Å². The number of nitrogens with one attached hydrogen (secondary N) is 2. The second-order valence-electron chi connectivity index (χ2n) is 9.20. The van der Waals surface area contributed by atoms with E-state index in [4.69, 9.17) is 4.74 Å². The molecule has 6 nitrogen and oxygen atoms in total. The molecule has 1 atom stereocenters. The van der Waals surface area contributed by atoms with Gasteiger partial charge in [-0.15, -0.1) is 0 Å². The zero-order valence-electron chi connectivity index (χ0n) is 20.2. The lowest BCUT2D eigenvalue weighted by atomic mass is 9.90. The quantitative estimate of drug-likeness (QED) is 0.493. The van der Waals surface area contributed by atoms with E-state index in [9.17, 15) is 9.59 Å². The zero-order valence-corrected chi connectivity index (χ0v) is 20.2. The van der Waals surface area contributed by atoms with Crippen molar-refractivity contribution in [3.05, 3.63) is 65.9 Å². The molecule has 6 heteroatoms. The lowest BCUT2D eigenvalue weighted by molar-refractivity contribution is -0.137. The van der Waals surface area contributed by atoms with Crippen LogP contribution in [0.4, 0.5) is 0 Å². The Bertz CT molecular complexity index is 1100. The van der Waals surface area contributed by atoms with E-state index in [-0.39, 0.29) is 11.8 Å². The number of piperidine rings is 1. The third kappa shape index (κ3) is 5.99. The minimum atomic E-state index is -0.544. The number of hydrogen-bond donors (Lipinski definition) is 2. The fraction of sp³-hybridized carbons (Fsp3) is 0.429. The van der Waals surface area contributed by atoms with Crippen LogP contribution in [0.1, 0.15) is 44.2 Å². The van der Waals surface area contributed by atoms with Crippen LogP contribution in [0.25, 0.3) is 10.9 Å². The molecule has 0 saturated carbocycles. The van der Waals surface area contributed by atoms with Gasteiger partial charge in [-0.3, -0.25) is 9.59 Å². The second-order valence-corrected chi connectivity index (χ2v) is 9.20. The first-order valence-corrected chi connectivity index (χ1v) is 12.4. The van der Waals surface area contributed by atoms with Crippen molar-refractivity contribution >= 4 is 22.7 Å². The van der Waals surface area contributed by atoms with Crippen LogP contribution in [0, 0.1) is 5.92 Å². The van der Waals surface area contributed by atoms with Gasteiger partial charge in [-0.2, -0.15) is 0 Å². The highest BCUT2D eigenvalue weighted by molar-refractivity contribution is 5.89. The number of hydrogen-bond acceptors (Lipinski definition) is 3. The molecule has 2 N–H and O–H groups in total. The molecule has 180 valence electrons. The Balaban J connectivity index is 1.31. The minimum absolute atomic E-state index is 0.0189. The third-order valence-electron chi connectivity index (χ3n) is 6.78. The average molecular weight is 462 g/mol. The smallest absolute Gasteiger partial charge is 0.245 e. The molecule has 2 heterocycles. The number of nitrogens with zero attached hydrogens (tertiary/aromatic N) is 1. The van der Waals surface area contributed by atoms with Crippen molar-refractivity contribution in [2.45, 2.75) is 52.0 Å². The van der Waals surface area contributed by atoms with E-state index >= 15 is 0 Å². The van der Waals surface area contributed by atoms with E-state index in [1.165, 1.54) is 12.5 Å². The predicted molar refractivity (Wildman–Crippen MR) is 135 cm³/mol. The lowest BCUT2D eigenvalue weighted by Crippen LogP contribution is -2.51. The van der Waals surface area contributed by atoms with Gasteiger partial charge in [-0.1, -0.05) is 30.3 Å². The Morgan fingerprint density at radius 3 is 2.56 bits per heavy atom. The molecule has 34 heavy (non-hydrogen) atoms. The van der Waals surface area contributed by atoms with Crippen LogP contribution < -0.4 is 10.1 Å². The van der Waals surface area contributed by atoms with Gasteiger partial charge in [-0.25, -0.2) is 0 Å². The summed E-state index contributed by atoms with van der Waals surface area (Å²) < 4.78 is 5.52. The maximum absolute atomic E-state index is 13.4. The fourth-order valence-electron chi connectivity index (χ4n) is 4.92. The summed E-state index contributed by atoms with van der Waals surface area (Å²) in [5.74, 6) is 1.37. The van der Waals surface area contributed by atoms with Gasteiger partial charge in [0.2, 0.25) is 11.8 Å². The number of H-pyrrole nitrogens is 1. The number of aromatic amines is 1. The number of ether oxygens (including phenoxy) is 1. The molecular formula is C28H35N3O3.